The van der Waals surface area contributed by atoms with Crippen LogP contribution in [0.25, 0.3) is 87.0 Å². The molecule has 0 unspecified atom stereocenters. The molecule has 0 amide bonds. The molecule has 0 aliphatic carbocycles. The number of nitrogens with zero attached hydrogens (tertiary/aromatic N) is 3. The molecule has 0 spiro atoms. The first-order valence-electron chi connectivity index (χ1n) is 14.0. The molecule has 3 aromatic heterocycles. The van der Waals surface area contributed by atoms with Crippen molar-refractivity contribution in [2.75, 3.05) is 0 Å². The number of thiophene rings is 1. The topological polar surface area (TPSA) is 51.8 Å². The minimum Gasteiger partial charge on any atom is -0.456 e. The van der Waals surface area contributed by atoms with Gasteiger partial charge in [-0.1, -0.05) is 96.5 Å². The van der Waals surface area contributed by atoms with Gasteiger partial charge >= 0.3 is 0 Å². The first kappa shape index (κ1) is 24.5. The molecule has 0 saturated heterocycles. The smallest absolute Gasteiger partial charge is 0.165 e. The minimum atomic E-state index is 0.498. The summed E-state index contributed by atoms with van der Waals surface area (Å²) in [5.74, 6) is 1.69. The van der Waals surface area contributed by atoms with E-state index in [-0.39, 0.29) is 0 Å². The van der Waals surface area contributed by atoms with E-state index in [0.29, 0.717) is 28.1 Å². The van der Waals surface area contributed by atoms with Crippen molar-refractivity contribution in [1.29, 1.82) is 0 Å². The Labute approximate surface area is 254 Å². The highest BCUT2D eigenvalue weighted by Gasteiger charge is 2.20. The Morgan fingerprint density at radius 3 is 2.02 bits per heavy atom. The van der Waals surface area contributed by atoms with E-state index in [4.69, 9.17) is 31.0 Å². The molecule has 9 rings (SSSR count). The second-order valence-electron chi connectivity index (χ2n) is 10.6. The minimum absolute atomic E-state index is 0.498. The fourth-order valence-electron chi connectivity index (χ4n) is 5.95. The van der Waals surface area contributed by atoms with E-state index in [0.717, 1.165) is 49.2 Å². The van der Waals surface area contributed by atoms with Crippen LogP contribution in [0.2, 0.25) is 5.02 Å². The van der Waals surface area contributed by atoms with Crippen molar-refractivity contribution in [3.05, 3.63) is 126 Å². The number of rotatable bonds is 3. The SMILES string of the molecule is Clc1cc2c(cc1-c1nc(-c3ccccc3)nc(-c3cccc4sc5ccccc5c34)n1)oc1cc3ccccc3cc12. The highest BCUT2D eigenvalue weighted by molar-refractivity contribution is 7.25. The average Bonchev–Trinajstić information content (AvgIpc) is 3.61. The van der Waals surface area contributed by atoms with E-state index in [9.17, 15) is 0 Å². The Bertz CT molecular complexity index is 2530. The quantitative estimate of drug-likeness (QED) is 0.206. The van der Waals surface area contributed by atoms with Crippen molar-refractivity contribution in [3.8, 4) is 34.2 Å². The molecular formula is C37H20ClN3OS. The lowest BCUT2D eigenvalue weighted by atomic mass is 10.0. The Morgan fingerprint density at radius 2 is 1.16 bits per heavy atom. The molecule has 6 heteroatoms. The van der Waals surface area contributed by atoms with Crippen molar-refractivity contribution >= 4 is 75.8 Å². The van der Waals surface area contributed by atoms with Gasteiger partial charge in [0.1, 0.15) is 11.2 Å². The zero-order chi connectivity index (χ0) is 28.5. The van der Waals surface area contributed by atoms with Gasteiger partial charge in [-0.3, -0.25) is 0 Å². The fraction of sp³-hybridized carbons (Fsp3) is 0. The first-order valence-corrected chi connectivity index (χ1v) is 15.2. The normalized spacial score (nSPS) is 11.8. The lowest BCUT2D eigenvalue weighted by Crippen LogP contribution is -2.00. The maximum atomic E-state index is 7.03. The third-order valence-electron chi connectivity index (χ3n) is 7.98. The highest BCUT2D eigenvalue weighted by Crippen LogP contribution is 2.41. The van der Waals surface area contributed by atoms with Gasteiger partial charge in [0.2, 0.25) is 0 Å². The Kier molecular flexibility index (Phi) is 5.39. The van der Waals surface area contributed by atoms with E-state index in [2.05, 4.69) is 66.7 Å². The van der Waals surface area contributed by atoms with E-state index in [1.54, 1.807) is 11.3 Å². The van der Waals surface area contributed by atoms with Crippen LogP contribution in [0.1, 0.15) is 0 Å². The van der Waals surface area contributed by atoms with Crippen LogP contribution in [-0.4, -0.2) is 15.0 Å². The van der Waals surface area contributed by atoms with Crippen LogP contribution in [0.15, 0.2) is 126 Å². The summed E-state index contributed by atoms with van der Waals surface area (Å²) in [6.45, 7) is 0. The average molecular weight is 590 g/mol. The molecule has 0 bridgehead atoms. The Hall–Kier alpha value is -5.10. The predicted molar refractivity (Wildman–Crippen MR) is 179 cm³/mol. The van der Waals surface area contributed by atoms with Gasteiger partial charge in [0.15, 0.2) is 17.5 Å². The predicted octanol–water partition coefficient (Wildman–Crippen LogP) is 10.9. The van der Waals surface area contributed by atoms with Crippen LogP contribution in [0.5, 0.6) is 0 Å². The zero-order valence-electron chi connectivity index (χ0n) is 22.6. The zero-order valence-corrected chi connectivity index (χ0v) is 24.2. The molecule has 0 N–H and O–H groups in total. The van der Waals surface area contributed by atoms with Crippen LogP contribution in [0.4, 0.5) is 0 Å². The molecule has 0 radical (unpaired) electrons. The number of aromatic nitrogens is 3. The van der Waals surface area contributed by atoms with E-state index < -0.39 is 0 Å². The standard InChI is InChI=1S/C37H20ClN3OS/c38-29-19-27-26-17-22-11-4-5-12-23(22)18-30(26)42-31(27)20-28(29)37-40-35(21-9-2-1-3-10-21)39-36(41-37)25-14-8-16-33-34(25)24-13-6-7-15-32(24)43-33/h1-20H. The monoisotopic (exact) mass is 589 g/mol. The van der Waals surface area contributed by atoms with Crippen molar-refractivity contribution < 1.29 is 4.42 Å². The second kappa shape index (κ2) is 9.46. The molecule has 43 heavy (non-hydrogen) atoms. The fourth-order valence-corrected chi connectivity index (χ4v) is 7.33. The van der Waals surface area contributed by atoms with Gasteiger partial charge in [-0.25, -0.2) is 15.0 Å². The van der Waals surface area contributed by atoms with Gasteiger partial charge in [-0.15, -0.1) is 11.3 Å². The first-order chi connectivity index (χ1) is 21.2. The van der Waals surface area contributed by atoms with E-state index in [1.807, 2.05) is 54.6 Å². The second-order valence-corrected chi connectivity index (χ2v) is 12.1. The van der Waals surface area contributed by atoms with Crippen LogP contribution in [0, 0.1) is 0 Å². The number of furan rings is 1. The summed E-state index contributed by atoms with van der Waals surface area (Å²) >= 11 is 8.80. The van der Waals surface area contributed by atoms with Crippen LogP contribution >= 0.6 is 22.9 Å². The van der Waals surface area contributed by atoms with E-state index in [1.165, 1.54) is 14.8 Å². The maximum Gasteiger partial charge on any atom is 0.165 e. The molecule has 6 aromatic carbocycles. The summed E-state index contributed by atoms with van der Waals surface area (Å²) in [5.41, 5.74) is 4.12. The van der Waals surface area contributed by atoms with Gasteiger partial charge in [-0.05, 0) is 47.2 Å². The van der Waals surface area contributed by atoms with Crippen molar-refractivity contribution in [1.82, 2.24) is 15.0 Å². The van der Waals surface area contributed by atoms with Crippen molar-refractivity contribution in [2.45, 2.75) is 0 Å². The lowest BCUT2D eigenvalue weighted by Gasteiger charge is -2.10. The summed E-state index contributed by atoms with van der Waals surface area (Å²) in [5, 5.41) is 7.16. The summed E-state index contributed by atoms with van der Waals surface area (Å²) in [6, 6.07) is 41.2. The number of benzene rings is 6. The van der Waals surface area contributed by atoms with Gasteiger partial charge in [0, 0.05) is 47.6 Å². The van der Waals surface area contributed by atoms with Crippen molar-refractivity contribution in [2.24, 2.45) is 0 Å². The largest absolute Gasteiger partial charge is 0.456 e. The van der Waals surface area contributed by atoms with Gasteiger partial charge in [0.05, 0.1) is 5.02 Å². The summed E-state index contributed by atoms with van der Waals surface area (Å²) in [4.78, 5) is 15.0. The number of halogens is 1. The molecule has 4 nitrogen and oxygen atoms in total. The molecule has 3 heterocycles. The van der Waals surface area contributed by atoms with Crippen LogP contribution in [-0.2, 0) is 0 Å². The Morgan fingerprint density at radius 1 is 0.512 bits per heavy atom. The molecule has 0 aliphatic heterocycles. The van der Waals surface area contributed by atoms with E-state index >= 15 is 0 Å². The van der Waals surface area contributed by atoms with Gasteiger partial charge in [0.25, 0.3) is 0 Å². The van der Waals surface area contributed by atoms with Gasteiger partial charge < -0.3 is 4.42 Å². The third kappa shape index (κ3) is 3.93. The lowest BCUT2D eigenvalue weighted by molar-refractivity contribution is 0.669. The number of hydrogen-bond acceptors (Lipinski definition) is 5. The van der Waals surface area contributed by atoms with Crippen LogP contribution < -0.4 is 0 Å². The third-order valence-corrected chi connectivity index (χ3v) is 9.43. The highest BCUT2D eigenvalue weighted by atomic mass is 35.5. The maximum absolute atomic E-state index is 7.03. The summed E-state index contributed by atoms with van der Waals surface area (Å²) in [6.07, 6.45) is 0. The number of hydrogen-bond donors (Lipinski definition) is 0. The number of fused-ring (bicyclic) bond motifs is 7. The molecule has 0 saturated carbocycles. The van der Waals surface area contributed by atoms with Crippen LogP contribution in [0.3, 0.4) is 0 Å². The van der Waals surface area contributed by atoms with Gasteiger partial charge in [-0.2, -0.15) is 0 Å². The molecule has 0 atom stereocenters. The molecular weight excluding hydrogens is 570 g/mol. The molecule has 202 valence electrons. The molecule has 0 fully saturated rings. The summed E-state index contributed by atoms with van der Waals surface area (Å²) < 4.78 is 8.80. The Balaban J connectivity index is 1.30. The molecule has 0 aliphatic rings. The molecule has 9 aromatic rings. The summed E-state index contributed by atoms with van der Waals surface area (Å²) in [7, 11) is 0. The van der Waals surface area contributed by atoms with Crippen molar-refractivity contribution in [3.63, 3.8) is 0 Å².